The fraction of sp³-hybridized carbons (Fsp3) is 0.286. The van der Waals surface area contributed by atoms with E-state index in [1.165, 1.54) is 30.3 Å². The minimum atomic E-state index is -0.976. The van der Waals surface area contributed by atoms with Gasteiger partial charge in [-0.2, -0.15) is 0 Å². The number of aryl methyl sites for hydroxylation is 1. The topological polar surface area (TPSA) is 128 Å². The molecule has 0 aromatic heterocycles. The Balaban J connectivity index is 1.96. The van der Waals surface area contributed by atoms with Gasteiger partial charge in [0.1, 0.15) is 6.04 Å². The Morgan fingerprint density at radius 3 is 2.35 bits per heavy atom. The highest BCUT2D eigenvalue weighted by Crippen LogP contribution is 2.22. The van der Waals surface area contributed by atoms with Gasteiger partial charge in [-0.25, -0.2) is 4.79 Å². The second-order valence-electron chi connectivity index (χ2n) is 7.12. The number of carbonyl (C=O) groups excluding carboxylic acids is 3. The third kappa shape index (κ3) is 6.78. The lowest BCUT2D eigenvalue weighted by molar-refractivity contribution is -0.385. The molecule has 10 heteroatoms. The lowest BCUT2D eigenvalue weighted by Crippen LogP contribution is -2.45. The maximum Gasteiger partial charge on any atom is 0.329 e. The number of nitro groups is 1. The number of ether oxygens (including phenoxy) is 1. The molecule has 0 aliphatic heterocycles. The Kier molecular flexibility index (Phi) is 8.09. The molecule has 2 aromatic carbocycles. The molecular weight excluding hydrogens is 426 g/mol. The predicted molar refractivity (Wildman–Crippen MR) is 115 cm³/mol. The molecule has 0 aliphatic rings. The Hall–Kier alpha value is -3.46. The van der Waals surface area contributed by atoms with E-state index < -0.39 is 35.4 Å². The SMILES string of the molecule is Cc1ccc(NC(=O)COC(=O)[C@H](NC(=O)c2ccc(Cl)cc2)C(C)C)cc1[N+](=O)[O-]. The lowest BCUT2D eigenvalue weighted by atomic mass is 10.0. The number of rotatable bonds is 8. The van der Waals surface area contributed by atoms with Crippen molar-refractivity contribution in [2.24, 2.45) is 5.92 Å². The average Bonchev–Trinajstić information content (AvgIpc) is 2.71. The van der Waals surface area contributed by atoms with Crippen molar-refractivity contribution in [1.82, 2.24) is 5.32 Å². The van der Waals surface area contributed by atoms with Crippen LogP contribution < -0.4 is 10.6 Å². The van der Waals surface area contributed by atoms with Gasteiger partial charge in [0, 0.05) is 27.9 Å². The number of carbonyl (C=O) groups is 3. The van der Waals surface area contributed by atoms with Gasteiger partial charge in [-0.15, -0.1) is 0 Å². The first-order valence-electron chi connectivity index (χ1n) is 9.36. The van der Waals surface area contributed by atoms with E-state index in [2.05, 4.69) is 10.6 Å². The van der Waals surface area contributed by atoms with Crippen LogP contribution in [0.2, 0.25) is 5.02 Å². The minimum absolute atomic E-state index is 0.139. The first-order valence-corrected chi connectivity index (χ1v) is 9.74. The molecule has 2 rings (SSSR count). The van der Waals surface area contributed by atoms with Crippen molar-refractivity contribution in [1.29, 1.82) is 0 Å². The van der Waals surface area contributed by atoms with Crippen LogP contribution in [0.1, 0.15) is 29.8 Å². The molecule has 0 bridgehead atoms. The van der Waals surface area contributed by atoms with Gasteiger partial charge in [-0.3, -0.25) is 19.7 Å². The minimum Gasteiger partial charge on any atom is -0.454 e. The summed E-state index contributed by atoms with van der Waals surface area (Å²) in [5.74, 6) is -2.23. The van der Waals surface area contributed by atoms with E-state index in [-0.39, 0.29) is 17.3 Å². The van der Waals surface area contributed by atoms with Crippen LogP contribution in [0.5, 0.6) is 0 Å². The van der Waals surface area contributed by atoms with Crippen LogP contribution in [0.15, 0.2) is 42.5 Å². The third-order valence-electron chi connectivity index (χ3n) is 4.35. The zero-order valence-corrected chi connectivity index (χ0v) is 17.9. The van der Waals surface area contributed by atoms with Gasteiger partial charge in [0.05, 0.1) is 4.92 Å². The Morgan fingerprint density at radius 1 is 1.13 bits per heavy atom. The second kappa shape index (κ2) is 10.5. The monoisotopic (exact) mass is 447 g/mol. The number of halogens is 1. The van der Waals surface area contributed by atoms with Crippen molar-refractivity contribution in [2.75, 3.05) is 11.9 Å². The third-order valence-corrected chi connectivity index (χ3v) is 4.60. The Morgan fingerprint density at radius 2 is 1.77 bits per heavy atom. The molecule has 2 amide bonds. The summed E-state index contributed by atoms with van der Waals surface area (Å²) < 4.78 is 5.04. The van der Waals surface area contributed by atoms with Crippen LogP contribution in [0.3, 0.4) is 0 Å². The van der Waals surface area contributed by atoms with E-state index in [1.807, 2.05) is 0 Å². The zero-order valence-electron chi connectivity index (χ0n) is 17.2. The highest BCUT2D eigenvalue weighted by atomic mass is 35.5. The van der Waals surface area contributed by atoms with Crippen molar-refractivity contribution in [3.63, 3.8) is 0 Å². The first-order chi connectivity index (χ1) is 14.6. The number of benzene rings is 2. The number of hydrogen-bond acceptors (Lipinski definition) is 6. The quantitative estimate of drug-likeness (QED) is 0.362. The number of nitro benzene ring substituents is 1. The fourth-order valence-electron chi connectivity index (χ4n) is 2.63. The summed E-state index contributed by atoms with van der Waals surface area (Å²) in [5, 5.41) is 16.5. The van der Waals surface area contributed by atoms with Crippen LogP contribution in [0.4, 0.5) is 11.4 Å². The number of nitrogens with zero attached hydrogens (tertiary/aromatic N) is 1. The van der Waals surface area contributed by atoms with Gasteiger partial charge in [0.25, 0.3) is 17.5 Å². The summed E-state index contributed by atoms with van der Waals surface area (Å²) in [6.45, 7) is 4.41. The van der Waals surface area contributed by atoms with E-state index >= 15 is 0 Å². The molecule has 9 nitrogen and oxygen atoms in total. The zero-order chi connectivity index (χ0) is 23.1. The maximum atomic E-state index is 12.4. The normalized spacial score (nSPS) is 11.5. The van der Waals surface area contributed by atoms with E-state index in [0.717, 1.165) is 0 Å². The van der Waals surface area contributed by atoms with Gasteiger partial charge < -0.3 is 15.4 Å². The molecule has 164 valence electrons. The highest BCUT2D eigenvalue weighted by molar-refractivity contribution is 6.30. The molecule has 0 aliphatic carbocycles. The number of amides is 2. The van der Waals surface area contributed by atoms with Gasteiger partial charge in [0.15, 0.2) is 6.61 Å². The van der Waals surface area contributed by atoms with Crippen LogP contribution >= 0.6 is 11.6 Å². The molecule has 0 saturated carbocycles. The maximum absolute atomic E-state index is 12.4. The molecular formula is C21H22ClN3O6. The van der Waals surface area contributed by atoms with E-state index in [0.29, 0.717) is 16.1 Å². The van der Waals surface area contributed by atoms with E-state index in [1.54, 1.807) is 32.9 Å². The number of hydrogen-bond donors (Lipinski definition) is 2. The molecule has 0 fully saturated rings. The molecule has 1 atom stereocenters. The number of anilines is 1. The van der Waals surface area contributed by atoms with E-state index in [4.69, 9.17) is 16.3 Å². The van der Waals surface area contributed by atoms with Gasteiger partial charge in [0.2, 0.25) is 0 Å². The van der Waals surface area contributed by atoms with Gasteiger partial charge in [-0.05, 0) is 43.2 Å². The number of nitrogens with one attached hydrogen (secondary N) is 2. The van der Waals surface area contributed by atoms with Crippen LogP contribution in [-0.2, 0) is 14.3 Å². The molecule has 2 aromatic rings. The van der Waals surface area contributed by atoms with Crippen LogP contribution in [0.25, 0.3) is 0 Å². The fourth-order valence-corrected chi connectivity index (χ4v) is 2.76. The highest BCUT2D eigenvalue weighted by Gasteiger charge is 2.27. The second-order valence-corrected chi connectivity index (χ2v) is 7.55. The molecule has 0 saturated heterocycles. The molecule has 31 heavy (non-hydrogen) atoms. The molecule has 0 heterocycles. The summed E-state index contributed by atoms with van der Waals surface area (Å²) in [6, 6.07) is 9.40. The smallest absolute Gasteiger partial charge is 0.329 e. The standard InChI is InChI=1S/C21H22ClN3O6/c1-12(2)19(24-20(27)14-5-7-15(22)8-6-14)21(28)31-11-18(26)23-16-9-4-13(3)17(10-16)25(29)30/h4-10,12,19H,11H2,1-3H3,(H,23,26)(H,24,27)/t19-/m1/s1. The first kappa shape index (κ1) is 23.8. The van der Waals surface area contributed by atoms with Crippen LogP contribution in [-0.4, -0.2) is 35.4 Å². The van der Waals surface area contributed by atoms with Gasteiger partial charge >= 0.3 is 5.97 Å². The summed E-state index contributed by atoms with van der Waals surface area (Å²) in [7, 11) is 0. The summed E-state index contributed by atoms with van der Waals surface area (Å²) in [4.78, 5) is 47.3. The summed E-state index contributed by atoms with van der Waals surface area (Å²) in [5.41, 5.74) is 0.835. The van der Waals surface area contributed by atoms with Crippen molar-refractivity contribution >= 4 is 40.8 Å². The Labute approximate surface area is 183 Å². The molecule has 0 radical (unpaired) electrons. The van der Waals surface area contributed by atoms with Crippen molar-refractivity contribution < 1.29 is 24.0 Å². The average molecular weight is 448 g/mol. The molecule has 0 unspecified atom stereocenters. The van der Waals surface area contributed by atoms with E-state index in [9.17, 15) is 24.5 Å². The summed E-state index contributed by atoms with van der Waals surface area (Å²) >= 11 is 5.81. The Bertz CT molecular complexity index is 991. The summed E-state index contributed by atoms with van der Waals surface area (Å²) in [6.07, 6.45) is 0. The van der Waals surface area contributed by atoms with Crippen molar-refractivity contribution in [2.45, 2.75) is 26.8 Å². The lowest BCUT2D eigenvalue weighted by Gasteiger charge is -2.20. The molecule has 0 spiro atoms. The predicted octanol–water partition coefficient (Wildman–Crippen LogP) is 3.49. The van der Waals surface area contributed by atoms with Gasteiger partial charge in [-0.1, -0.05) is 31.5 Å². The van der Waals surface area contributed by atoms with Crippen molar-refractivity contribution in [3.05, 3.63) is 68.7 Å². The van der Waals surface area contributed by atoms with Crippen molar-refractivity contribution in [3.8, 4) is 0 Å². The largest absolute Gasteiger partial charge is 0.454 e. The van der Waals surface area contributed by atoms with Crippen LogP contribution in [0, 0.1) is 23.0 Å². The molecule has 2 N–H and O–H groups in total. The number of esters is 1.